The van der Waals surface area contributed by atoms with Crippen LogP contribution in [0, 0.1) is 0 Å². The van der Waals surface area contributed by atoms with Crippen LogP contribution in [-0.2, 0) is 10.8 Å². The van der Waals surface area contributed by atoms with Gasteiger partial charge in [0.25, 0.3) is 0 Å². The molecule has 0 fully saturated rings. The highest BCUT2D eigenvalue weighted by molar-refractivity contribution is 6.01. The fraction of sp³-hybridized carbons (Fsp3) is 0.370. The molecule has 0 radical (unpaired) electrons. The Labute approximate surface area is 190 Å². The summed E-state index contributed by atoms with van der Waals surface area (Å²) in [4.78, 5) is 24.7. The van der Waals surface area contributed by atoms with Gasteiger partial charge in [-0.3, -0.25) is 0 Å². The molecule has 7 rings (SSSR count). The van der Waals surface area contributed by atoms with Crippen LogP contribution in [0.5, 0.6) is 0 Å². The Morgan fingerprint density at radius 2 is 1.73 bits per heavy atom. The lowest BCUT2D eigenvalue weighted by Gasteiger charge is -2.48. The largest absolute Gasteiger partial charge is 0.437 e. The van der Waals surface area contributed by atoms with Crippen molar-refractivity contribution in [2.75, 3.05) is 18.0 Å². The van der Waals surface area contributed by atoms with Gasteiger partial charge in [0.2, 0.25) is 5.71 Å². The van der Waals surface area contributed by atoms with E-state index < -0.39 is 0 Å². The lowest BCUT2D eigenvalue weighted by molar-refractivity contribution is 0.400. The maximum Gasteiger partial charge on any atom is 0.357 e. The number of nitrogens with zero attached hydrogens (tertiary/aromatic N) is 4. The number of fused-ring (bicyclic) bond motifs is 7. The van der Waals surface area contributed by atoms with E-state index in [2.05, 4.69) is 49.7 Å². The zero-order chi connectivity index (χ0) is 22.7. The van der Waals surface area contributed by atoms with E-state index in [4.69, 9.17) is 9.40 Å². The Balaban J connectivity index is 1.68. The van der Waals surface area contributed by atoms with E-state index >= 15 is 0 Å². The van der Waals surface area contributed by atoms with Crippen molar-refractivity contribution in [1.29, 1.82) is 0 Å². The van der Waals surface area contributed by atoms with Crippen LogP contribution in [-0.4, -0.2) is 27.5 Å². The van der Waals surface area contributed by atoms with Crippen LogP contribution in [0.1, 0.15) is 51.7 Å². The topological polar surface area (TPSA) is 63.6 Å². The van der Waals surface area contributed by atoms with Crippen molar-refractivity contribution in [3.63, 3.8) is 0 Å². The fourth-order valence-corrected chi connectivity index (χ4v) is 5.94. The number of rotatable bonds is 0. The molecule has 0 aliphatic carbocycles. The van der Waals surface area contributed by atoms with Crippen LogP contribution >= 0.6 is 0 Å². The van der Waals surface area contributed by atoms with E-state index in [1.165, 1.54) is 16.8 Å². The molecule has 5 aromatic rings. The molecule has 5 heterocycles. The highest BCUT2D eigenvalue weighted by atomic mass is 16.3. The van der Waals surface area contributed by atoms with E-state index in [0.717, 1.165) is 53.3 Å². The molecular formula is C27H26N4O2. The Kier molecular flexibility index (Phi) is 3.43. The fourth-order valence-electron chi connectivity index (χ4n) is 5.94. The summed E-state index contributed by atoms with van der Waals surface area (Å²) < 4.78 is 8.11. The van der Waals surface area contributed by atoms with Crippen molar-refractivity contribution in [3.8, 4) is 0 Å². The molecule has 33 heavy (non-hydrogen) atoms. The highest BCUT2D eigenvalue weighted by Crippen LogP contribution is 2.52. The Morgan fingerprint density at radius 3 is 2.55 bits per heavy atom. The SMILES string of the molecule is CC1(C)CCN2CCC(C)(C)c3c2c1cc1cc2c(nc(=O)n4c5ccccc5nc24)oc31. The van der Waals surface area contributed by atoms with Gasteiger partial charge in [0.05, 0.1) is 16.4 Å². The maximum atomic E-state index is 13.0. The standard InChI is InChI=1S/C27H26N4O2/c1-26(2)9-11-30-12-10-27(3,4)20-21(30)17(26)14-15-13-16-23-28-18-7-5-6-8-19(18)31(23)25(32)29-24(16)33-22(15)20/h5-8,13-14H,9-12H2,1-4H3. The first kappa shape index (κ1) is 19.1. The number of aromatic nitrogens is 3. The summed E-state index contributed by atoms with van der Waals surface area (Å²) in [5, 5.41) is 1.82. The monoisotopic (exact) mass is 438 g/mol. The van der Waals surface area contributed by atoms with Crippen LogP contribution in [0.15, 0.2) is 45.6 Å². The van der Waals surface area contributed by atoms with E-state index in [-0.39, 0.29) is 16.5 Å². The predicted octanol–water partition coefficient (Wildman–Crippen LogP) is 5.31. The maximum absolute atomic E-state index is 13.0. The quantitative estimate of drug-likeness (QED) is 0.307. The summed E-state index contributed by atoms with van der Waals surface area (Å²) in [5.74, 6) is 0. The third-order valence-corrected chi connectivity index (χ3v) is 7.94. The second-order valence-corrected chi connectivity index (χ2v) is 10.9. The molecule has 0 N–H and O–H groups in total. The first-order valence-corrected chi connectivity index (χ1v) is 11.7. The zero-order valence-electron chi connectivity index (χ0n) is 19.4. The van der Waals surface area contributed by atoms with Gasteiger partial charge in [0.1, 0.15) is 5.58 Å². The van der Waals surface area contributed by atoms with Gasteiger partial charge in [0, 0.05) is 29.7 Å². The Hall–Kier alpha value is -3.41. The summed E-state index contributed by atoms with van der Waals surface area (Å²) >= 11 is 0. The highest BCUT2D eigenvalue weighted by Gasteiger charge is 2.41. The van der Waals surface area contributed by atoms with Gasteiger partial charge in [-0.25, -0.2) is 14.2 Å². The zero-order valence-corrected chi connectivity index (χ0v) is 19.4. The van der Waals surface area contributed by atoms with Crippen LogP contribution in [0.2, 0.25) is 0 Å². The lowest BCUT2D eigenvalue weighted by Crippen LogP contribution is -2.44. The molecule has 0 amide bonds. The van der Waals surface area contributed by atoms with Crippen molar-refractivity contribution in [2.45, 2.75) is 51.4 Å². The van der Waals surface area contributed by atoms with E-state index in [0.29, 0.717) is 11.4 Å². The number of hydrogen-bond donors (Lipinski definition) is 0. The molecule has 0 saturated heterocycles. The molecule has 3 aromatic heterocycles. The molecule has 0 spiro atoms. The summed E-state index contributed by atoms with van der Waals surface area (Å²) in [6.07, 6.45) is 2.20. The van der Waals surface area contributed by atoms with Gasteiger partial charge < -0.3 is 9.32 Å². The first-order valence-electron chi connectivity index (χ1n) is 11.7. The molecule has 2 aliphatic rings. The third kappa shape index (κ3) is 2.41. The van der Waals surface area contributed by atoms with Gasteiger partial charge in [-0.15, -0.1) is 0 Å². The number of para-hydroxylation sites is 2. The summed E-state index contributed by atoms with van der Waals surface area (Å²) in [5.41, 5.74) is 7.01. The van der Waals surface area contributed by atoms with E-state index in [1.54, 1.807) is 4.40 Å². The van der Waals surface area contributed by atoms with Crippen molar-refractivity contribution in [1.82, 2.24) is 14.4 Å². The van der Waals surface area contributed by atoms with Gasteiger partial charge in [0.15, 0.2) is 5.65 Å². The second-order valence-electron chi connectivity index (χ2n) is 10.9. The molecule has 6 nitrogen and oxygen atoms in total. The van der Waals surface area contributed by atoms with Gasteiger partial charge in [-0.05, 0) is 53.5 Å². The normalized spacial score (nSPS) is 19.0. The number of imidazole rings is 1. The molecular weight excluding hydrogens is 412 g/mol. The average Bonchev–Trinajstić information content (AvgIpc) is 3.16. The van der Waals surface area contributed by atoms with Gasteiger partial charge in [-0.2, -0.15) is 4.98 Å². The molecule has 6 heteroatoms. The van der Waals surface area contributed by atoms with Crippen LogP contribution in [0.3, 0.4) is 0 Å². The van der Waals surface area contributed by atoms with Gasteiger partial charge >= 0.3 is 5.69 Å². The first-order chi connectivity index (χ1) is 15.7. The predicted molar refractivity (Wildman–Crippen MR) is 132 cm³/mol. The lowest BCUT2D eigenvalue weighted by atomic mass is 9.69. The van der Waals surface area contributed by atoms with Crippen molar-refractivity contribution in [2.24, 2.45) is 0 Å². The molecule has 0 saturated carbocycles. The van der Waals surface area contributed by atoms with Gasteiger partial charge in [-0.1, -0.05) is 39.8 Å². The van der Waals surface area contributed by atoms with Crippen LogP contribution in [0.25, 0.3) is 38.7 Å². The minimum absolute atomic E-state index is 0.0307. The Morgan fingerprint density at radius 1 is 0.970 bits per heavy atom. The van der Waals surface area contributed by atoms with E-state index in [9.17, 15) is 4.79 Å². The van der Waals surface area contributed by atoms with Crippen LogP contribution < -0.4 is 10.6 Å². The molecule has 166 valence electrons. The van der Waals surface area contributed by atoms with Crippen molar-refractivity contribution < 1.29 is 4.42 Å². The molecule has 0 unspecified atom stereocenters. The summed E-state index contributed by atoms with van der Waals surface area (Å²) in [7, 11) is 0. The molecule has 0 atom stereocenters. The minimum Gasteiger partial charge on any atom is -0.437 e. The summed E-state index contributed by atoms with van der Waals surface area (Å²) in [6.45, 7) is 11.4. The van der Waals surface area contributed by atoms with Crippen molar-refractivity contribution in [3.05, 3.63) is 58.0 Å². The molecule has 2 aliphatic heterocycles. The second kappa shape index (κ2) is 5.93. The smallest absolute Gasteiger partial charge is 0.357 e. The minimum atomic E-state index is -0.358. The summed E-state index contributed by atoms with van der Waals surface area (Å²) in [6, 6.07) is 12.1. The molecule has 2 aromatic carbocycles. The van der Waals surface area contributed by atoms with Crippen molar-refractivity contribution >= 4 is 44.4 Å². The average molecular weight is 439 g/mol. The number of benzene rings is 2. The van der Waals surface area contributed by atoms with E-state index in [1.807, 2.05) is 24.3 Å². The third-order valence-electron chi connectivity index (χ3n) is 7.94. The molecule has 0 bridgehead atoms. The van der Waals surface area contributed by atoms with Crippen LogP contribution in [0.4, 0.5) is 5.69 Å². The number of anilines is 1. The Bertz CT molecular complexity index is 1700. The number of hydrogen-bond acceptors (Lipinski definition) is 5.